The van der Waals surface area contributed by atoms with Crippen molar-refractivity contribution >= 4 is 46.8 Å². The Labute approximate surface area is 321 Å². The van der Waals surface area contributed by atoms with E-state index in [1.165, 1.54) is 0 Å². The first kappa shape index (κ1) is 37.4. The predicted molar refractivity (Wildman–Crippen MR) is 199 cm³/mol. The minimum Gasteiger partial charge on any atom is -0.375 e. The second kappa shape index (κ2) is 16.2. The van der Waals surface area contributed by atoms with Gasteiger partial charge in [-0.2, -0.15) is 15.5 Å². The van der Waals surface area contributed by atoms with Gasteiger partial charge in [0.25, 0.3) is 17.7 Å². The summed E-state index contributed by atoms with van der Waals surface area (Å²) in [6, 6.07) is 14.7. The summed E-state index contributed by atoms with van der Waals surface area (Å²) >= 11 is 6.17. The number of fused-ring (bicyclic) bond motifs is 1. The number of nitrogens with one attached hydrogen (secondary N) is 3. The van der Waals surface area contributed by atoms with Gasteiger partial charge in [0.1, 0.15) is 17.8 Å². The number of carbonyl (C=O) groups is 5. The van der Waals surface area contributed by atoms with Crippen LogP contribution >= 0.6 is 11.6 Å². The summed E-state index contributed by atoms with van der Waals surface area (Å²) in [5, 5.41) is 26.2. The van der Waals surface area contributed by atoms with Gasteiger partial charge in [0, 0.05) is 69.2 Å². The minimum absolute atomic E-state index is 0.0785. The number of imide groups is 2. The highest BCUT2D eigenvalue weighted by Crippen LogP contribution is 2.31. The molecule has 5 amide bonds. The van der Waals surface area contributed by atoms with Crippen molar-refractivity contribution in [2.45, 2.75) is 51.4 Å². The molecule has 2 aromatic carbocycles. The molecule has 0 saturated carbocycles. The Morgan fingerprint density at radius 2 is 1.85 bits per heavy atom. The molecule has 2 atom stereocenters. The van der Waals surface area contributed by atoms with Gasteiger partial charge >= 0.3 is 0 Å². The fraction of sp³-hybridized carbons (Fsp3) is 0.368. The largest absolute Gasteiger partial charge is 0.375 e. The van der Waals surface area contributed by atoms with E-state index >= 15 is 0 Å². The van der Waals surface area contributed by atoms with Crippen LogP contribution in [-0.4, -0.2) is 111 Å². The zero-order valence-corrected chi connectivity index (χ0v) is 30.8. The highest BCUT2D eigenvalue weighted by atomic mass is 35.5. The smallest absolute Gasteiger partial charge is 0.272 e. The molecule has 3 aliphatic rings. The second-order valence-electron chi connectivity index (χ2n) is 13.8. The number of nitrogens with zero attached hydrogens (tertiary/aromatic N) is 7. The van der Waals surface area contributed by atoms with Crippen LogP contribution in [0.25, 0.3) is 11.3 Å². The average molecular weight is 767 g/mol. The zero-order valence-electron chi connectivity index (χ0n) is 30.1. The molecule has 17 heteroatoms. The number of carbonyl (C=O) groups excluding carboxylic acids is 5. The lowest BCUT2D eigenvalue weighted by atomic mass is 10.0. The number of rotatable bonds is 13. The monoisotopic (exact) mass is 766 g/mol. The minimum atomic E-state index is -0.988. The zero-order chi connectivity index (χ0) is 38.6. The van der Waals surface area contributed by atoms with Crippen LogP contribution in [0.3, 0.4) is 0 Å². The lowest BCUT2D eigenvalue weighted by molar-refractivity contribution is -0.136. The van der Waals surface area contributed by atoms with E-state index in [-0.39, 0.29) is 41.6 Å². The van der Waals surface area contributed by atoms with Crippen LogP contribution in [0.2, 0.25) is 5.02 Å². The van der Waals surface area contributed by atoms with Gasteiger partial charge < -0.3 is 15.0 Å². The maximum absolute atomic E-state index is 13.2. The summed E-state index contributed by atoms with van der Waals surface area (Å²) in [6.07, 6.45) is 2.84. The summed E-state index contributed by atoms with van der Waals surface area (Å²) in [5.41, 5.74) is 4.25. The number of anilines is 1. The molecule has 284 valence electrons. The molecule has 3 N–H and O–H groups in total. The third kappa shape index (κ3) is 8.29. The van der Waals surface area contributed by atoms with Gasteiger partial charge in [-0.3, -0.25) is 48.9 Å². The number of benzene rings is 2. The van der Waals surface area contributed by atoms with Crippen LogP contribution in [0.15, 0.2) is 54.7 Å². The van der Waals surface area contributed by atoms with Gasteiger partial charge in [-0.1, -0.05) is 17.7 Å². The highest BCUT2D eigenvalue weighted by Gasteiger charge is 2.44. The fourth-order valence-corrected chi connectivity index (χ4v) is 7.24. The number of aromatic nitrogens is 4. The molecule has 3 aliphatic heterocycles. The number of piperazine rings is 1. The summed E-state index contributed by atoms with van der Waals surface area (Å²) in [7, 11) is 0. The number of amides is 5. The van der Waals surface area contributed by atoms with Gasteiger partial charge in [0.15, 0.2) is 0 Å². The van der Waals surface area contributed by atoms with Crippen molar-refractivity contribution in [2.24, 2.45) is 0 Å². The molecule has 4 aromatic rings. The van der Waals surface area contributed by atoms with E-state index in [0.717, 1.165) is 55.3 Å². The normalized spacial score (nSPS) is 17.9. The van der Waals surface area contributed by atoms with E-state index < -0.39 is 29.7 Å². The van der Waals surface area contributed by atoms with Crippen LogP contribution in [-0.2, 0) is 27.5 Å². The van der Waals surface area contributed by atoms with Crippen LogP contribution in [0, 0.1) is 11.3 Å². The van der Waals surface area contributed by atoms with Crippen molar-refractivity contribution in [3.63, 3.8) is 0 Å². The van der Waals surface area contributed by atoms with Crippen LogP contribution in [0.5, 0.6) is 0 Å². The third-order valence-electron chi connectivity index (χ3n) is 9.91. The standard InChI is InChI=1S/C38H39ClN10O6/c1-23(21-48-11-9-31(45-48)24-3-4-25(20-40)30(39)17-24)41-35(51)32-18-26(43-44-32)22-55-16-2-10-46-12-14-47(15-13-46)27-5-6-28-29(19-27)38(54)49(37(28)53)33-7-8-34(50)42-36(33)52/h3-6,9,11,17-19,23,33H,2,7-8,10,12-16,21-22H2,1H3,(H,41,51)(H,43,44)(H,42,50,52)/t23-,33?/m1/s1. The van der Waals surface area contributed by atoms with Gasteiger partial charge in [0.2, 0.25) is 11.8 Å². The average Bonchev–Trinajstić information content (AvgIpc) is 3.91. The van der Waals surface area contributed by atoms with E-state index in [0.29, 0.717) is 41.7 Å². The SMILES string of the molecule is C[C@H](Cn1ccc(-c2ccc(C#N)c(Cl)c2)n1)NC(=O)c1cc(COCCCN2CCN(c3ccc4c(c3)C(=O)N(C3CCC(=O)NC3=O)C4=O)CC2)[nH]n1. The van der Waals surface area contributed by atoms with Gasteiger partial charge in [-0.25, -0.2) is 0 Å². The molecule has 1 unspecified atom stereocenters. The molecule has 0 radical (unpaired) electrons. The first-order chi connectivity index (χ1) is 26.6. The summed E-state index contributed by atoms with van der Waals surface area (Å²) < 4.78 is 7.59. The Hall–Kier alpha value is -5.89. The predicted octanol–water partition coefficient (Wildman–Crippen LogP) is 2.75. The molecule has 7 rings (SSSR count). The van der Waals surface area contributed by atoms with Crippen LogP contribution in [0.1, 0.15) is 68.6 Å². The molecule has 2 fully saturated rings. The Morgan fingerprint density at radius 3 is 2.62 bits per heavy atom. The number of hydrogen-bond donors (Lipinski definition) is 3. The Morgan fingerprint density at radius 1 is 1.05 bits per heavy atom. The molecule has 0 bridgehead atoms. The fourth-order valence-electron chi connectivity index (χ4n) is 7.02. The maximum atomic E-state index is 13.2. The first-order valence-electron chi connectivity index (χ1n) is 18.1. The second-order valence-corrected chi connectivity index (χ2v) is 14.2. The Kier molecular flexibility index (Phi) is 11.0. The summed E-state index contributed by atoms with van der Waals surface area (Å²) in [6.45, 7) is 7.11. The van der Waals surface area contributed by atoms with Crippen molar-refractivity contribution in [1.82, 2.24) is 40.4 Å². The molecule has 5 heterocycles. The molecule has 2 aromatic heterocycles. The van der Waals surface area contributed by atoms with E-state index in [4.69, 9.17) is 21.6 Å². The van der Waals surface area contributed by atoms with Gasteiger partial charge in [-0.05, 0) is 62.2 Å². The number of nitriles is 1. The number of ether oxygens (including phenoxy) is 1. The number of aromatic amines is 1. The van der Waals surface area contributed by atoms with E-state index in [2.05, 4.69) is 35.7 Å². The summed E-state index contributed by atoms with van der Waals surface area (Å²) in [4.78, 5) is 68.6. The van der Waals surface area contributed by atoms with Crippen molar-refractivity contribution in [2.75, 3.05) is 44.2 Å². The number of hydrogen-bond acceptors (Lipinski definition) is 11. The van der Waals surface area contributed by atoms with Crippen molar-refractivity contribution in [1.29, 1.82) is 5.26 Å². The Balaban J connectivity index is 0.802. The number of H-pyrrole nitrogens is 1. The van der Waals surface area contributed by atoms with Crippen LogP contribution in [0.4, 0.5) is 5.69 Å². The molecular weight excluding hydrogens is 728 g/mol. The molecule has 0 aliphatic carbocycles. The molecule has 16 nitrogen and oxygen atoms in total. The van der Waals surface area contributed by atoms with E-state index in [9.17, 15) is 24.0 Å². The highest BCUT2D eigenvalue weighted by molar-refractivity contribution is 6.32. The van der Waals surface area contributed by atoms with E-state index in [1.807, 2.05) is 31.3 Å². The first-order valence-corrected chi connectivity index (χ1v) is 18.4. The molecule has 0 spiro atoms. The lowest BCUT2D eigenvalue weighted by Gasteiger charge is -2.36. The van der Waals surface area contributed by atoms with Crippen molar-refractivity contribution in [3.8, 4) is 17.3 Å². The molecular formula is C38H39ClN10O6. The van der Waals surface area contributed by atoms with Gasteiger partial charge in [0.05, 0.1) is 46.3 Å². The number of piperidine rings is 1. The van der Waals surface area contributed by atoms with Crippen molar-refractivity contribution < 1.29 is 28.7 Å². The maximum Gasteiger partial charge on any atom is 0.272 e. The van der Waals surface area contributed by atoms with Crippen LogP contribution < -0.4 is 15.5 Å². The lowest BCUT2D eigenvalue weighted by Crippen LogP contribution is -2.54. The molecule has 2 saturated heterocycles. The van der Waals surface area contributed by atoms with Crippen molar-refractivity contribution in [3.05, 3.63) is 87.8 Å². The summed E-state index contributed by atoms with van der Waals surface area (Å²) in [5.74, 6) is -2.36. The molecule has 55 heavy (non-hydrogen) atoms. The quantitative estimate of drug-likeness (QED) is 0.134. The Bertz CT molecular complexity index is 2180. The third-order valence-corrected chi connectivity index (χ3v) is 10.2. The topological polar surface area (TPSA) is 199 Å². The van der Waals surface area contributed by atoms with Gasteiger partial charge in [-0.15, -0.1) is 0 Å². The van der Waals surface area contributed by atoms with E-state index in [1.54, 1.807) is 41.1 Å². The number of halogens is 1.